The van der Waals surface area contributed by atoms with E-state index in [-0.39, 0.29) is 23.0 Å². The maximum Gasteiger partial charge on any atom is 0.306 e. The molecular formula is C12H25NO3. The summed E-state index contributed by atoms with van der Waals surface area (Å²) in [5.74, 6) is -0.230. The maximum absolute atomic E-state index is 11.4. The third kappa shape index (κ3) is 4.49. The Morgan fingerprint density at radius 2 is 1.81 bits per heavy atom. The van der Waals surface area contributed by atoms with Gasteiger partial charge in [-0.15, -0.1) is 0 Å². The van der Waals surface area contributed by atoms with Gasteiger partial charge in [-0.2, -0.15) is 0 Å². The molecule has 0 amide bonds. The lowest BCUT2D eigenvalue weighted by atomic mass is 9.73. The SMILES string of the molecule is COC(=O)CC(C)(CC(C)(C)OC)C(C)N. The predicted octanol–water partition coefficient (Wildman–Crippen LogP) is 1.72. The van der Waals surface area contributed by atoms with Gasteiger partial charge < -0.3 is 15.2 Å². The standard InChI is InChI=1S/C12H25NO3/c1-9(13)12(4,7-10(14)15-5)8-11(2,3)16-6/h9H,7-8,13H2,1-6H3. The molecule has 0 aliphatic rings. The molecule has 2 atom stereocenters. The summed E-state index contributed by atoms with van der Waals surface area (Å²) in [5, 5.41) is 0. The van der Waals surface area contributed by atoms with Gasteiger partial charge in [0, 0.05) is 13.2 Å². The first-order valence-corrected chi connectivity index (χ1v) is 5.54. The topological polar surface area (TPSA) is 61.5 Å². The maximum atomic E-state index is 11.4. The summed E-state index contributed by atoms with van der Waals surface area (Å²) in [5.41, 5.74) is 5.36. The predicted molar refractivity (Wildman–Crippen MR) is 64.1 cm³/mol. The molecule has 0 aliphatic heterocycles. The fourth-order valence-electron chi connectivity index (χ4n) is 1.83. The van der Waals surface area contributed by atoms with E-state index in [2.05, 4.69) is 0 Å². The number of ether oxygens (including phenoxy) is 2. The van der Waals surface area contributed by atoms with Gasteiger partial charge in [0.05, 0.1) is 19.1 Å². The molecule has 0 spiro atoms. The van der Waals surface area contributed by atoms with Crippen LogP contribution in [-0.4, -0.2) is 31.8 Å². The van der Waals surface area contributed by atoms with E-state index in [9.17, 15) is 4.79 Å². The summed E-state index contributed by atoms with van der Waals surface area (Å²) in [6.07, 6.45) is 1.03. The second-order valence-electron chi connectivity index (χ2n) is 5.34. The van der Waals surface area contributed by atoms with Gasteiger partial charge in [0.1, 0.15) is 0 Å². The van der Waals surface area contributed by atoms with Crippen molar-refractivity contribution in [1.29, 1.82) is 0 Å². The third-order valence-corrected chi connectivity index (χ3v) is 3.26. The van der Waals surface area contributed by atoms with Gasteiger partial charge in [-0.25, -0.2) is 0 Å². The molecule has 96 valence electrons. The van der Waals surface area contributed by atoms with Crippen LogP contribution in [0.25, 0.3) is 0 Å². The monoisotopic (exact) mass is 231 g/mol. The largest absolute Gasteiger partial charge is 0.469 e. The normalized spacial score (nSPS) is 17.7. The molecule has 2 N–H and O–H groups in total. The molecule has 0 heterocycles. The zero-order valence-corrected chi connectivity index (χ0v) is 11.3. The lowest BCUT2D eigenvalue weighted by Crippen LogP contribution is -2.44. The van der Waals surface area contributed by atoms with Crippen LogP contribution in [0.2, 0.25) is 0 Å². The van der Waals surface area contributed by atoms with Crippen LogP contribution >= 0.6 is 0 Å². The summed E-state index contributed by atoms with van der Waals surface area (Å²) in [4.78, 5) is 11.4. The Balaban J connectivity index is 4.77. The van der Waals surface area contributed by atoms with Crippen LogP contribution in [0.5, 0.6) is 0 Å². The Labute approximate surface area is 98.5 Å². The molecule has 0 saturated carbocycles. The van der Waals surface area contributed by atoms with E-state index in [0.29, 0.717) is 12.8 Å². The van der Waals surface area contributed by atoms with E-state index in [0.717, 1.165) is 0 Å². The number of carbonyl (C=O) groups is 1. The van der Waals surface area contributed by atoms with E-state index in [1.807, 2.05) is 27.7 Å². The van der Waals surface area contributed by atoms with E-state index in [1.54, 1.807) is 7.11 Å². The smallest absolute Gasteiger partial charge is 0.306 e. The molecule has 4 nitrogen and oxygen atoms in total. The van der Waals surface area contributed by atoms with Crippen molar-refractivity contribution in [2.75, 3.05) is 14.2 Å². The highest BCUT2D eigenvalue weighted by atomic mass is 16.5. The molecule has 0 fully saturated rings. The van der Waals surface area contributed by atoms with Crippen molar-refractivity contribution in [3.63, 3.8) is 0 Å². The summed E-state index contributed by atoms with van der Waals surface area (Å²) in [6.45, 7) is 7.89. The number of hydrogen-bond acceptors (Lipinski definition) is 4. The van der Waals surface area contributed by atoms with Crippen molar-refractivity contribution in [2.24, 2.45) is 11.1 Å². The fraction of sp³-hybridized carbons (Fsp3) is 0.917. The second kappa shape index (κ2) is 5.64. The lowest BCUT2D eigenvalue weighted by Gasteiger charge is -2.39. The van der Waals surface area contributed by atoms with Gasteiger partial charge in [0.15, 0.2) is 0 Å². The molecule has 4 heteroatoms. The van der Waals surface area contributed by atoms with Crippen molar-refractivity contribution >= 4 is 5.97 Å². The molecule has 0 radical (unpaired) electrons. The molecule has 0 aliphatic carbocycles. The van der Waals surface area contributed by atoms with Crippen LogP contribution < -0.4 is 5.73 Å². The Morgan fingerprint density at radius 3 is 2.12 bits per heavy atom. The molecule has 0 bridgehead atoms. The number of rotatable bonds is 6. The van der Waals surface area contributed by atoms with Gasteiger partial charge in [0.25, 0.3) is 0 Å². The Morgan fingerprint density at radius 1 is 1.31 bits per heavy atom. The summed E-state index contributed by atoms with van der Waals surface area (Å²) >= 11 is 0. The highest BCUT2D eigenvalue weighted by molar-refractivity contribution is 5.70. The van der Waals surface area contributed by atoms with Gasteiger partial charge >= 0.3 is 5.97 Å². The van der Waals surface area contributed by atoms with Crippen molar-refractivity contribution in [3.8, 4) is 0 Å². The van der Waals surface area contributed by atoms with Crippen LogP contribution in [0.15, 0.2) is 0 Å². The number of nitrogens with two attached hydrogens (primary N) is 1. The minimum Gasteiger partial charge on any atom is -0.469 e. The number of methoxy groups -OCH3 is 2. The van der Waals surface area contributed by atoms with Crippen LogP contribution in [0, 0.1) is 5.41 Å². The van der Waals surface area contributed by atoms with E-state index < -0.39 is 0 Å². The van der Waals surface area contributed by atoms with Crippen LogP contribution in [0.1, 0.15) is 40.5 Å². The first-order chi connectivity index (χ1) is 7.17. The summed E-state index contributed by atoms with van der Waals surface area (Å²) in [6, 6.07) is -0.0963. The van der Waals surface area contributed by atoms with Gasteiger partial charge in [-0.3, -0.25) is 4.79 Å². The van der Waals surface area contributed by atoms with Gasteiger partial charge in [-0.1, -0.05) is 6.92 Å². The molecule has 0 saturated heterocycles. The van der Waals surface area contributed by atoms with Gasteiger partial charge in [-0.05, 0) is 32.6 Å². The average molecular weight is 231 g/mol. The summed E-state index contributed by atoms with van der Waals surface area (Å²) in [7, 11) is 3.06. The van der Waals surface area contributed by atoms with Gasteiger partial charge in [0.2, 0.25) is 0 Å². The molecule has 16 heavy (non-hydrogen) atoms. The number of esters is 1. The molecule has 0 aromatic carbocycles. The first-order valence-electron chi connectivity index (χ1n) is 5.54. The Hall–Kier alpha value is -0.610. The molecule has 0 rings (SSSR count). The molecule has 0 aromatic heterocycles. The van der Waals surface area contributed by atoms with Crippen LogP contribution in [-0.2, 0) is 14.3 Å². The number of carbonyl (C=O) groups excluding carboxylic acids is 1. The van der Waals surface area contributed by atoms with Crippen molar-refractivity contribution in [2.45, 2.75) is 52.2 Å². The minimum absolute atomic E-state index is 0.0963. The van der Waals surface area contributed by atoms with E-state index in [4.69, 9.17) is 15.2 Å². The second-order valence-corrected chi connectivity index (χ2v) is 5.34. The quantitative estimate of drug-likeness (QED) is 0.707. The van der Waals surface area contributed by atoms with Crippen LogP contribution in [0.4, 0.5) is 0 Å². The average Bonchev–Trinajstić information content (AvgIpc) is 2.16. The highest BCUT2D eigenvalue weighted by Gasteiger charge is 2.37. The first kappa shape index (κ1) is 15.4. The van der Waals surface area contributed by atoms with Crippen LogP contribution in [0.3, 0.4) is 0 Å². The molecule has 0 aromatic rings. The Bertz CT molecular complexity index is 238. The zero-order chi connectivity index (χ0) is 13.0. The summed E-state index contributed by atoms with van der Waals surface area (Å²) < 4.78 is 10.1. The minimum atomic E-state index is -0.313. The number of hydrogen-bond donors (Lipinski definition) is 1. The third-order valence-electron chi connectivity index (χ3n) is 3.26. The van der Waals surface area contributed by atoms with E-state index in [1.165, 1.54) is 7.11 Å². The highest BCUT2D eigenvalue weighted by Crippen LogP contribution is 2.36. The Kier molecular flexibility index (Phi) is 5.42. The van der Waals surface area contributed by atoms with Crippen molar-refractivity contribution < 1.29 is 14.3 Å². The van der Waals surface area contributed by atoms with Crippen molar-refractivity contribution in [3.05, 3.63) is 0 Å². The lowest BCUT2D eigenvalue weighted by molar-refractivity contribution is -0.144. The van der Waals surface area contributed by atoms with E-state index >= 15 is 0 Å². The fourth-order valence-corrected chi connectivity index (χ4v) is 1.83. The molecule has 2 unspecified atom stereocenters. The molecular weight excluding hydrogens is 206 g/mol. The zero-order valence-electron chi connectivity index (χ0n) is 11.3. The van der Waals surface area contributed by atoms with Crippen molar-refractivity contribution in [1.82, 2.24) is 0 Å².